The van der Waals surface area contributed by atoms with Crippen LogP contribution in [0.1, 0.15) is 18.0 Å². The lowest BCUT2D eigenvalue weighted by atomic mass is 10.0. The standard InChI is InChI=1S/C13H18BrFN2O.ClH/c14-10-1-2-11(13(18)9-10)12(3-4-15)17-7-5-16-6-8-17;/h1-2,9,12,16,18H,3-8H2;1H/t12-;/m1./s1. The number of nitrogens with one attached hydrogen (secondary N) is 1. The van der Waals surface area contributed by atoms with Gasteiger partial charge < -0.3 is 10.4 Å². The van der Waals surface area contributed by atoms with E-state index >= 15 is 0 Å². The van der Waals surface area contributed by atoms with Crippen LogP contribution in [-0.2, 0) is 0 Å². The second-order valence-electron chi connectivity index (χ2n) is 4.48. The molecule has 1 heterocycles. The average molecular weight is 354 g/mol. The summed E-state index contributed by atoms with van der Waals surface area (Å²) in [5, 5.41) is 13.3. The van der Waals surface area contributed by atoms with E-state index in [2.05, 4.69) is 26.1 Å². The monoisotopic (exact) mass is 352 g/mol. The van der Waals surface area contributed by atoms with Gasteiger partial charge in [0.2, 0.25) is 0 Å². The summed E-state index contributed by atoms with van der Waals surface area (Å²) in [6.45, 7) is 3.24. The molecule has 0 amide bonds. The smallest absolute Gasteiger partial charge is 0.121 e. The number of phenolic OH excluding ortho intramolecular Hbond substituents is 1. The predicted molar refractivity (Wildman–Crippen MR) is 80.8 cm³/mol. The largest absolute Gasteiger partial charge is 0.508 e. The molecule has 1 aromatic rings. The molecule has 1 fully saturated rings. The molecule has 0 bridgehead atoms. The normalized spacial score (nSPS) is 17.8. The summed E-state index contributed by atoms with van der Waals surface area (Å²) in [6.07, 6.45) is 0.426. The molecule has 0 unspecified atom stereocenters. The number of phenols is 1. The Bertz CT molecular complexity index is 402. The molecule has 1 aromatic carbocycles. The lowest BCUT2D eigenvalue weighted by molar-refractivity contribution is 0.155. The van der Waals surface area contributed by atoms with Gasteiger partial charge in [0.05, 0.1) is 6.67 Å². The minimum Gasteiger partial charge on any atom is -0.508 e. The van der Waals surface area contributed by atoms with Crippen molar-refractivity contribution in [2.45, 2.75) is 12.5 Å². The molecule has 3 nitrogen and oxygen atoms in total. The van der Waals surface area contributed by atoms with Gasteiger partial charge in [-0.1, -0.05) is 22.0 Å². The third-order valence-corrected chi connectivity index (χ3v) is 3.82. The lowest BCUT2D eigenvalue weighted by Gasteiger charge is -2.35. The van der Waals surface area contributed by atoms with Crippen molar-refractivity contribution in [3.63, 3.8) is 0 Å². The maximum Gasteiger partial charge on any atom is 0.121 e. The lowest BCUT2D eigenvalue weighted by Crippen LogP contribution is -2.45. The molecule has 1 atom stereocenters. The fourth-order valence-electron chi connectivity index (χ4n) is 2.43. The topological polar surface area (TPSA) is 35.5 Å². The zero-order chi connectivity index (χ0) is 13.0. The third-order valence-electron chi connectivity index (χ3n) is 3.33. The first-order chi connectivity index (χ1) is 8.72. The van der Waals surface area contributed by atoms with E-state index in [9.17, 15) is 9.50 Å². The molecule has 0 radical (unpaired) electrons. The van der Waals surface area contributed by atoms with E-state index in [1.54, 1.807) is 6.07 Å². The van der Waals surface area contributed by atoms with Crippen LogP contribution in [0.2, 0.25) is 0 Å². The number of benzene rings is 1. The number of aromatic hydroxyl groups is 1. The van der Waals surface area contributed by atoms with Crippen molar-refractivity contribution in [3.05, 3.63) is 28.2 Å². The van der Waals surface area contributed by atoms with E-state index in [1.807, 2.05) is 12.1 Å². The van der Waals surface area contributed by atoms with Gasteiger partial charge in [-0.2, -0.15) is 0 Å². The Morgan fingerprint density at radius 1 is 1.37 bits per heavy atom. The first-order valence-corrected chi connectivity index (χ1v) is 7.01. The van der Waals surface area contributed by atoms with Gasteiger partial charge in [-0.3, -0.25) is 9.29 Å². The maximum atomic E-state index is 12.8. The molecule has 108 valence electrons. The minimum absolute atomic E-state index is 0. The van der Waals surface area contributed by atoms with Crippen LogP contribution in [0.4, 0.5) is 4.39 Å². The maximum absolute atomic E-state index is 12.8. The molecule has 2 N–H and O–H groups in total. The van der Waals surface area contributed by atoms with E-state index in [1.165, 1.54) is 0 Å². The van der Waals surface area contributed by atoms with Crippen molar-refractivity contribution in [1.82, 2.24) is 10.2 Å². The van der Waals surface area contributed by atoms with Crippen molar-refractivity contribution in [2.75, 3.05) is 32.9 Å². The first kappa shape index (κ1) is 16.7. The minimum atomic E-state index is -0.371. The van der Waals surface area contributed by atoms with Gasteiger partial charge in [0.1, 0.15) is 5.75 Å². The highest BCUT2D eigenvalue weighted by atomic mass is 79.9. The molecule has 1 aliphatic heterocycles. The first-order valence-electron chi connectivity index (χ1n) is 6.21. The fraction of sp³-hybridized carbons (Fsp3) is 0.538. The summed E-state index contributed by atoms with van der Waals surface area (Å²) in [4.78, 5) is 2.24. The second-order valence-corrected chi connectivity index (χ2v) is 5.40. The Morgan fingerprint density at radius 2 is 2.05 bits per heavy atom. The average Bonchev–Trinajstić information content (AvgIpc) is 2.38. The van der Waals surface area contributed by atoms with Crippen molar-refractivity contribution in [1.29, 1.82) is 0 Å². The van der Waals surface area contributed by atoms with Crippen LogP contribution in [0.25, 0.3) is 0 Å². The van der Waals surface area contributed by atoms with Gasteiger partial charge in [0, 0.05) is 42.3 Å². The van der Waals surface area contributed by atoms with Gasteiger partial charge in [0.15, 0.2) is 0 Å². The van der Waals surface area contributed by atoms with Gasteiger partial charge in [0.25, 0.3) is 0 Å². The van der Waals surface area contributed by atoms with Crippen molar-refractivity contribution >= 4 is 28.3 Å². The summed E-state index contributed by atoms with van der Waals surface area (Å²) >= 11 is 3.32. The molecular formula is C13H19BrClFN2O. The number of hydrogen-bond donors (Lipinski definition) is 2. The quantitative estimate of drug-likeness (QED) is 0.874. The van der Waals surface area contributed by atoms with Gasteiger partial charge in [-0.15, -0.1) is 12.4 Å². The van der Waals surface area contributed by atoms with Crippen LogP contribution >= 0.6 is 28.3 Å². The molecule has 0 aliphatic carbocycles. The van der Waals surface area contributed by atoms with Crippen LogP contribution in [0.3, 0.4) is 0 Å². The SMILES string of the molecule is Cl.Oc1cc(Br)ccc1[C@@H](CCF)N1CCNCC1. The van der Waals surface area contributed by atoms with E-state index in [4.69, 9.17) is 0 Å². The Balaban J connectivity index is 0.00000180. The third kappa shape index (κ3) is 4.31. The predicted octanol–water partition coefficient (Wildman–Crippen LogP) is 2.88. The molecule has 0 saturated carbocycles. The van der Waals surface area contributed by atoms with Crippen LogP contribution in [0.5, 0.6) is 5.75 Å². The van der Waals surface area contributed by atoms with Crippen molar-refractivity contribution in [3.8, 4) is 5.75 Å². The molecule has 0 spiro atoms. The summed E-state index contributed by atoms with van der Waals surface area (Å²) in [5.41, 5.74) is 0.817. The van der Waals surface area contributed by atoms with Crippen LogP contribution in [0.15, 0.2) is 22.7 Å². The molecule has 6 heteroatoms. The van der Waals surface area contributed by atoms with Crippen molar-refractivity contribution < 1.29 is 9.50 Å². The molecule has 19 heavy (non-hydrogen) atoms. The molecule has 1 saturated heterocycles. The summed E-state index contributed by atoms with van der Waals surface area (Å²) in [5.74, 6) is 0.237. The number of halogens is 3. The zero-order valence-electron chi connectivity index (χ0n) is 10.6. The van der Waals surface area contributed by atoms with Gasteiger partial charge in [-0.25, -0.2) is 0 Å². The highest BCUT2D eigenvalue weighted by Gasteiger charge is 2.24. The van der Waals surface area contributed by atoms with Crippen LogP contribution in [0, 0.1) is 0 Å². The number of piperazine rings is 1. The molecular weight excluding hydrogens is 335 g/mol. The van der Waals surface area contributed by atoms with E-state index in [0.29, 0.717) is 6.42 Å². The van der Waals surface area contributed by atoms with E-state index < -0.39 is 0 Å². The van der Waals surface area contributed by atoms with Crippen molar-refractivity contribution in [2.24, 2.45) is 0 Å². The summed E-state index contributed by atoms with van der Waals surface area (Å²) in [7, 11) is 0. The summed E-state index contributed by atoms with van der Waals surface area (Å²) < 4.78 is 13.6. The van der Waals surface area contributed by atoms with E-state index in [0.717, 1.165) is 36.2 Å². The molecule has 1 aliphatic rings. The van der Waals surface area contributed by atoms with E-state index in [-0.39, 0.29) is 30.9 Å². The molecule has 0 aromatic heterocycles. The molecule has 2 rings (SSSR count). The fourth-order valence-corrected chi connectivity index (χ4v) is 2.78. The highest BCUT2D eigenvalue weighted by molar-refractivity contribution is 9.10. The number of hydrogen-bond acceptors (Lipinski definition) is 3. The zero-order valence-corrected chi connectivity index (χ0v) is 13.0. The Kier molecular flexibility index (Phi) is 7.07. The number of rotatable bonds is 4. The second kappa shape index (κ2) is 8.04. The number of alkyl halides is 1. The Hall–Kier alpha value is -0.360. The number of nitrogens with zero attached hydrogens (tertiary/aromatic N) is 1. The van der Waals surface area contributed by atoms with Gasteiger partial charge >= 0.3 is 0 Å². The summed E-state index contributed by atoms with van der Waals surface area (Å²) in [6, 6.07) is 5.40. The highest BCUT2D eigenvalue weighted by Crippen LogP contribution is 2.33. The van der Waals surface area contributed by atoms with Gasteiger partial charge in [-0.05, 0) is 18.6 Å². The van der Waals surface area contributed by atoms with Crippen LogP contribution < -0.4 is 5.32 Å². The van der Waals surface area contributed by atoms with Crippen LogP contribution in [-0.4, -0.2) is 42.9 Å². The Labute approximate surface area is 127 Å². The Morgan fingerprint density at radius 3 is 2.63 bits per heavy atom.